The molecule has 2 aromatic rings. The van der Waals surface area contributed by atoms with Crippen molar-refractivity contribution in [2.45, 2.75) is 38.3 Å². The smallest absolute Gasteiger partial charge is 0.242 e. The third-order valence-electron chi connectivity index (χ3n) is 2.99. The molecular weight excluding hydrogens is 300 g/mol. The summed E-state index contributed by atoms with van der Waals surface area (Å²) in [6.07, 6.45) is 0. The van der Waals surface area contributed by atoms with Crippen LogP contribution >= 0.6 is 11.3 Å². The van der Waals surface area contributed by atoms with Crippen molar-refractivity contribution in [2.75, 3.05) is 0 Å². The molecule has 6 nitrogen and oxygen atoms in total. The number of aryl methyl sites for hydroxylation is 2. The van der Waals surface area contributed by atoms with Crippen LogP contribution in [0.2, 0.25) is 0 Å². The normalized spacial score (nSPS) is 13.6. The third-order valence-corrected chi connectivity index (χ3v) is 5.65. The molecule has 8 heteroatoms. The number of hydrogen-bond acceptors (Lipinski definition) is 6. The van der Waals surface area contributed by atoms with Gasteiger partial charge in [0.2, 0.25) is 10.0 Å². The van der Waals surface area contributed by atoms with E-state index in [2.05, 4.69) is 9.88 Å². The summed E-state index contributed by atoms with van der Waals surface area (Å²) in [4.78, 5) is 0.534. The van der Waals surface area contributed by atoms with Crippen LogP contribution in [0.1, 0.15) is 34.9 Å². The van der Waals surface area contributed by atoms with Gasteiger partial charge in [-0.15, -0.1) is 11.3 Å². The first-order chi connectivity index (χ1) is 9.36. The van der Waals surface area contributed by atoms with Crippen LogP contribution in [0.4, 0.5) is 0 Å². The minimum atomic E-state index is -3.69. The first-order valence-corrected chi connectivity index (χ1v) is 8.35. The number of thiophene rings is 1. The van der Waals surface area contributed by atoms with Crippen molar-refractivity contribution in [1.29, 1.82) is 0 Å². The third kappa shape index (κ3) is 2.78. The standard InChI is InChI=1S/C12H16N2O4S2/c1-7-12(9(3)18-13-7)8(2)14-20(16,17)11-4-5-19-10(11)6-15/h4-5,8,14-15H,6H2,1-3H3. The van der Waals surface area contributed by atoms with Gasteiger partial charge in [0.05, 0.1) is 17.2 Å². The monoisotopic (exact) mass is 316 g/mol. The van der Waals surface area contributed by atoms with Crippen molar-refractivity contribution >= 4 is 21.4 Å². The topological polar surface area (TPSA) is 92.4 Å². The Kier molecular flexibility index (Phi) is 4.28. The van der Waals surface area contributed by atoms with Gasteiger partial charge in [0.1, 0.15) is 5.76 Å². The molecule has 2 heterocycles. The van der Waals surface area contributed by atoms with Crippen LogP contribution in [0, 0.1) is 13.8 Å². The summed E-state index contributed by atoms with van der Waals surface area (Å²) in [7, 11) is -3.69. The van der Waals surface area contributed by atoms with Crippen molar-refractivity contribution < 1.29 is 18.0 Å². The lowest BCUT2D eigenvalue weighted by Gasteiger charge is -2.14. The van der Waals surface area contributed by atoms with Crippen LogP contribution in [-0.4, -0.2) is 18.7 Å². The van der Waals surface area contributed by atoms with E-state index < -0.39 is 16.1 Å². The minimum Gasteiger partial charge on any atom is -0.391 e. The van der Waals surface area contributed by atoms with Gasteiger partial charge in [-0.3, -0.25) is 0 Å². The Morgan fingerprint density at radius 1 is 1.50 bits per heavy atom. The van der Waals surface area contributed by atoms with Crippen molar-refractivity contribution in [1.82, 2.24) is 9.88 Å². The van der Waals surface area contributed by atoms with Crippen molar-refractivity contribution in [3.63, 3.8) is 0 Å². The lowest BCUT2D eigenvalue weighted by atomic mass is 10.1. The molecule has 0 spiro atoms. The molecule has 0 amide bonds. The average Bonchev–Trinajstić information content (AvgIpc) is 2.95. The number of rotatable bonds is 5. The molecule has 0 saturated carbocycles. The second-order valence-corrected chi connectivity index (χ2v) is 7.13. The molecule has 1 atom stereocenters. The number of hydrogen-bond donors (Lipinski definition) is 2. The summed E-state index contributed by atoms with van der Waals surface area (Å²) in [5, 5.41) is 14.6. The summed E-state index contributed by atoms with van der Waals surface area (Å²) in [6.45, 7) is 4.94. The minimum absolute atomic E-state index is 0.114. The molecule has 110 valence electrons. The zero-order chi connectivity index (χ0) is 14.9. The maximum absolute atomic E-state index is 12.3. The molecule has 2 N–H and O–H groups in total. The summed E-state index contributed by atoms with van der Waals surface area (Å²) >= 11 is 1.21. The van der Waals surface area contributed by atoms with E-state index >= 15 is 0 Å². The Labute approximate surface area is 121 Å². The Balaban J connectivity index is 2.29. The number of aliphatic hydroxyl groups excluding tert-OH is 1. The van der Waals surface area contributed by atoms with E-state index in [4.69, 9.17) is 4.52 Å². The maximum Gasteiger partial charge on any atom is 0.242 e. The quantitative estimate of drug-likeness (QED) is 0.878. The molecule has 0 aliphatic carbocycles. The summed E-state index contributed by atoms with van der Waals surface area (Å²) in [5.74, 6) is 0.588. The van der Waals surface area contributed by atoms with Gasteiger partial charge in [0, 0.05) is 16.5 Å². The number of nitrogens with one attached hydrogen (secondary N) is 1. The fourth-order valence-corrected chi connectivity index (χ4v) is 4.66. The van der Waals surface area contributed by atoms with Crippen LogP contribution in [0.5, 0.6) is 0 Å². The van der Waals surface area contributed by atoms with Crippen molar-refractivity contribution in [3.8, 4) is 0 Å². The number of aliphatic hydroxyl groups is 1. The molecule has 20 heavy (non-hydrogen) atoms. The molecule has 0 aliphatic rings. The summed E-state index contributed by atoms with van der Waals surface area (Å²) in [6, 6.07) is 1.02. The predicted octanol–water partition coefficient (Wildman–Crippen LogP) is 1.88. The molecule has 0 saturated heterocycles. The summed E-state index contributed by atoms with van der Waals surface area (Å²) < 4.78 is 32.3. The van der Waals surface area contributed by atoms with Crippen LogP contribution in [0.15, 0.2) is 20.9 Å². The molecule has 2 aromatic heterocycles. The molecule has 0 radical (unpaired) electrons. The highest BCUT2D eigenvalue weighted by Gasteiger charge is 2.25. The van der Waals surface area contributed by atoms with Crippen LogP contribution in [0.25, 0.3) is 0 Å². The molecule has 0 fully saturated rings. The Bertz CT molecular complexity index is 683. The fraction of sp³-hybridized carbons (Fsp3) is 0.417. The van der Waals surface area contributed by atoms with E-state index in [-0.39, 0.29) is 11.5 Å². The van der Waals surface area contributed by atoms with Gasteiger partial charge in [-0.05, 0) is 32.2 Å². The van der Waals surface area contributed by atoms with Gasteiger partial charge >= 0.3 is 0 Å². The average molecular weight is 316 g/mol. The number of nitrogens with zero attached hydrogens (tertiary/aromatic N) is 1. The lowest BCUT2D eigenvalue weighted by Crippen LogP contribution is -2.27. The van der Waals surface area contributed by atoms with Crippen LogP contribution in [0.3, 0.4) is 0 Å². The van der Waals surface area contributed by atoms with Gasteiger partial charge in [-0.25, -0.2) is 13.1 Å². The predicted molar refractivity (Wildman–Crippen MR) is 75.0 cm³/mol. The van der Waals surface area contributed by atoms with Gasteiger partial charge in [-0.2, -0.15) is 0 Å². The maximum atomic E-state index is 12.3. The van der Waals surface area contributed by atoms with Gasteiger partial charge in [0.25, 0.3) is 0 Å². The number of aromatic nitrogens is 1. The van der Waals surface area contributed by atoms with Crippen LogP contribution < -0.4 is 4.72 Å². The first kappa shape index (κ1) is 15.2. The van der Waals surface area contributed by atoms with E-state index in [1.54, 1.807) is 26.2 Å². The molecular formula is C12H16N2O4S2. The molecule has 0 bridgehead atoms. The first-order valence-electron chi connectivity index (χ1n) is 5.99. The van der Waals surface area contributed by atoms with Gasteiger partial charge in [0.15, 0.2) is 0 Å². The second kappa shape index (κ2) is 5.65. The second-order valence-electron chi connectivity index (χ2n) is 4.45. The highest BCUT2D eigenvalue weighted by Crippen LogP contribution is 2.26. The van der Waals surface area contributed by atoms with E-state index in [9.17, 15) is 13.5 Å². The van der Waals surface area contributed by atoms with E-state index in [0.717, 1.165) is 5.56 Å². The SMILES string of the molecule is Cc1noc(C)c1C(C)NS(=O)(=O)c1ccsc1CO. The van der Waals surface area contributed by atoms with E-state index in [0.29, 0.717) is 16.3 Å². The molecule has 0 aromatic carbocycles. The number of sulfonamides is 1. The van der Waals surface area contributed by atoms with Gasteiger partial charge in [-0.1, -0.05) is 5.16 Å². The van der Waals surface area contributed by atoms with Crippen LogP contribution in [-0.2, 0) is 16.6 Å². The Hall–Kier alpha value is -1.22. The van der Waals surface area contributed by atoms with E-state index in [1.165, 1.54) is 17.4 Å². The molecule has 0 aliphatic heterocycles. The zero-order valence-corrected chi connectivity index (χ0v) is 13.0. The van der Waals surface area contributed by atoms with Crippen molar-refractivity contribution in [2.24, 2.45) is 0 Å². The Morgan fingerprint density at radius 3 is 2.75 bits per heavy atom. The zero-order valence-electron chi connectivity index (χ0n) is 11.4. The van der Waals surface area contributed by atoms with E-state index in [1.807, 2.05) is 0 Å². The van der Waals surface area contributed by atoms with Crippen molar-refractivity contribution in [3.05, 3.63) is 33.3 Å². The highest BCUT2D eigenvalue weighted by molar-refractivity contribution is 7.89. The highest BCUT2D eigenvalue weighted by atomic mass is 32.2. The Morgan fingerprint density at radius 2 is 2.20 bits per heavy atom. The molecule has 2 rings (SSSR count). The fourth-order valence-electron chi connectivity index (χ4n) is 2.15. The van der Waals surface area contributed by atoms with Gasteiger partial charge < -0.3 is 9.63 Å². The summed E-state index contributed by atoms with van der Waals surface area (Å²) in [5.41, 5.74) is 1.39. The lowest BCUT2D eigenvalue weighted by molar-refractivity contribution is 0.282. The molecule has 1 unspecified atom stereocenters. The largest absolute Gasteiger partial charge is 0.391 e.